The van der Waals surface area contributed by atoms with E-state index in [4.69, 9.17) is 4.74 Å². The van der Waals surface area contributed by atoms with E-state index in [0.29, 0.717) is 11.5 Å². The van der Waals surface area contributed by atoms with E-state index in [1.54, 1.807) is 11.3 Å². The first kappa shape index (κ1) is 17.0. The summed E-state index contributed by atoms with van der Waals surface area (Å²) in [4.78, 5) is 9.78. The van der Waals surface area contributed by atoms with Crippen molar-refractivity contribution in [2.45, 2.75) is 51.6 Å². The molecule has 5 heteroatoms. The highest BCUT2D eigenvalue weighted by molar-refractivity contribution is 7.09. The van der Waals surface area contributed by atoms with Crippen LogP contribution in [0.1, 0.15) is 42.8 Å². The van der Waals surface area contributed by atoms with Crippen LogP contribution in [0.5, 0.6) is 0 Å². The third kappa shape index (κ3) is 4.01. The average Bonchev–Trinajstić information content (AvgIpc) is 3.22. The Morgan fingerprint density at radius 3 is 2.75 bits per heavy atom. The topological polar surface area (TPSA) is 28.6 Å². The van der Waals surface area contributed by atoms with Crippen molar-refractivity contribution in [3.8, 4) is 0 Å². The molecule has 1 aliphatic carbocycles. The van der Waals surface area contributed by atoms with Crippen LogP contribution in [0.2, 0.25) is 0 Å². The lowest BCUT2D eigenvalue weighted by Gasteiger charge is -2.39. The van der Waals surface area contributed by atoms with Crippen molar-refractivity contribution in [2.75, 3.05) is 39.9 Å². The summed E-state index contributed by atoms with van der Waals surface area (Å²) in [6, 6.07) is 0.636. The standard InChI is InChI=1S/C19H31N3OS/c1-15-13-24-18(20-15)10-22-7-5-19(6-8-22)9-17(21(2)14-19)12-23-11-16-3-4-16/h13,16-17H,3-12,14H2,1-2H3. The zero-order chi connectivity index (χ0) is 16.6. The lowest BCUT2D eigenvalue weighted by Crippen LogP contribution is -2.40. The van der Waals surface area contributed by atoms with Gasteiger partial charge in [-0.25, -0.2) is 4.98 Å². The highest BCUT2D eigenvalue weighted by Gasteiger charge is 2.44. The van der Waals surface area contributed by atoms with Crippen molar-refractivity contribution in [3.05, 3.63) is 16.1 Å². The van der Waals surface area contributed by atoms with Gasteiger partial charge in [0.2, 0.25) is 0 Å². The van der Waals surface area contributed by atoms with Crippen LogP contribution in [0.3, 0.4) is 0 Å². The van der Waals surface area contributed by atoms with Crippen molar-refractivity contribution in [2.24, 2.45) is 11.3 Å². The van der Waals surface area contributed by atoms with E-state index in [9.17, 15) is 0 Å². The third-order valence-electron chi connectivity index (χ3n) is 6.18. The average molecular weight is 350 g/mol. The highest BCUT2D eigenvalue weighted by atomic mass is 32.1. The van der Waals surface area contributed by atoms with E-state index in [0.717, 1.165) is 31.4 Å². The van der Waals surface area contributed by atoms with E-state index in [1.165, 1.54) is 56.7 Å². The highest BCUT2D eigenvalue weighted by Crippen LogP contribution is 2.43. The van der Waals surface area contributed by atoms with Crippen molar-refractivity contribution in [1.82, 2.24) is 14.8 Å². The number of aromatic nitrogens is 1. The number of thiazole rings is 1. The molecule has 3 heterocycles. The number of piperidine rings is 1. The molecule has 0 radical (unpaired) electrons. The summed E-state index contributed by atoms with van der Waals surface area (Å²) in [6.45, 7) is 8.78. The van der Waals surface area contributed by atoms with Gasteiger partial charge in [0.1, 0.15) is 5.01 Å². The van der Waals surface area contributed by atoms with Gasteiger partial charge < -0.3 is 9.64 Å². The summed E-state index contributed by atoms with van der Waals surface area (Å²) >= 11 is 1.81. The molecule has 1 aromatic rings. The van der Waals surface area contributed by atoms with Crippen molar-refractivity contribution in [1.29, 1.82) is 0 Å². The van der Waals surface area contributed by atoms with Gasteiger partial charge in [-0.3, -0.25) is 4.90 Å². The number of rotatable bonds is 6. The molecular formula is C19H31N3OS. The molecule has 1 spiro atoms. The molecular weight excluding hydrogens is 318 g/mol. The molecule has 2 aliphatic heterocycles. The normalized spacial score (nSPS) is 28.0. The van der Waals surface area contributed by atoms with Crippen LogP contribution in [0, 0.1) is 18.3 Å². The molecule has 4 nitrogen and oxygen atoms in total. The quantitative estimate of drug-likeness (QED) is 0.789. The molecule has 4 rings (SSSR count). The fraction of sp³-hybridized carbons (Fsp3) is 0.842. The van der Waals surface area contributed by atoms with Crippen LogP contribution < -0.4 is 0 Å². The van der Waals surface area contributed by atoms with Gasteiger partial charge in [0.25, 0.3) is 0 Å². The summed E-state index contributed by atoms with van der Waals surface area (Å²) in [5.74, 6) is 0.878. The Hall–Kier alpha value is -0.490. The molecule has 1 saturated carbocycles. The monoisotopic (exact) mass is 349 g/mol. The lowest BCUT2D eigenvalue weighted by molar-refractivity contribution is 0.0776. The van der Waals surface area contributed by atoms with E-state index in [2.05, 4.69) is 34.1 Å². The van der Waals surface area contributed by atoms with Gasteiger partial charge >= 0.3 is 0 Å². The summed E-state index contributed by atoms with van der Waals surface area (Å²) in [7, 11) is 2.30. The minimum Gasteiger partial charge on any atom is -0.380 e. The Labute approximate surface area is 150 Å². The number of aryl methyl sites for hydroxylation is 1. The minimum atomic E-state index is 0.539. The van der Waals surface area contributed by atoms with Gasteiger partial charge in [0.15, 0.2) is 0 Å². The molecule has 3 aliphatic rings. The maximum atomic E-state index is 5.99. The predicted octanol–water partition coefficient (Wildman–Crippen LogP) is 3.16. The van der Waals surface area contributed by atoms with E-state index < -0.39 is 0 Å². The summed E-state index contributed by atoms with van der Waals surface area (Å²) in [5, 5.41) is 3.44. The van der Waals surface area contributed by atoms with E-state index >= 15 is 0 Å². The lowest BCUT2D eigenvalue weighted by atomic mass is 9.76. The van der Waals surface area contributed by atoms with E-state index in [-0.39, 0.29) is 0 Å². The van der Waals surface area contributed by atoms with Gasteiger partial charge in [0, 0.05) is 30.3 Å². The molecule has 0 aromatic carbocycles. The van der Waals surface area contributed by atoms with Crippen LogP contribution in [0.15, 0.2) is 5.38 Å². The molecule has 1 atom stereocenters. The second-order valence-electron chi connectivity index (χ2n) is 8.41. The SMILES string of the molecule is Cc1csc(CN2CCC3(CC2)CC(COCC2CC2)N(C)C3)n1. The van der Waals surface area contributed by atoms with Gasteiger partial charge in [-0.1, -0.05) is 0 Å². The maximum Gasteiger partial charge on any atom is 0.107 e. The van der Waals surface area contributed by atoms with Gasteiger partial charge in [-0.15, -0.1) is 11.3 Å². The van der Waals surface area contributed by atoms with Crippen LogP contribution in [-0.2, 0) is 11.3 Å². The van der Waals surface area contributed by atoms with Crippen molar-refractivity contribution >= 4 is 11.3 Å². The molecule has 134 valence electrons. The zero-order valence-electron chi connectivity index (χ0n) is 15.2. The first-order valence-electron chi connectivity index (χ1n) is 9.53. The van der Waals surface area contributed by atoms with Crippen LogP contribution >= 0.6 is 11.3 Å². The molecule has 0 bridgehead atoms. The summed E-state index contributed by atoms with van der Waals surface area (Å²) in [6.07, 6.45) is 6.78. The van der Waals surface area contributed by atoms with Gasteiger partial charge in [-0.2, -0.15) is 0 Å². The van der Waals surface area contributed by atoms with E-state index in [1.807, 2.05) is 0 Å². The van der Waals surface area contributed by atoms with Gasteiger partial charge in [0.05, 0.1) is 13.2 Å². The Balaban J connectivity index is 1.25. The molecule has 0 N–H and O–H groups in total. The fourth-order valence-corrected chi connectivity index (χ4v) is 5.25. The second-order valence-corrected chi connectivity index (χ2v) is 9.36. The largest absolute Gasteiger partial charge is 0.380 e. The Kier molecular flexibility index (Phi) is 4.96. The van der Waals surface area contributed by atoms with Gasteiger partial charge in [-0.05, 0) is 70.5 Å². The number of likely N-dealkylation sites (N-methyl/N-ethyl adjacent to an activating group) is 1. The van der Waals surface area contributed by atoms with Crippen LogP contribution in [0.25, 0.3) is 0 Å². The second kappa shape index (κ2) is 7.02. The molecule has 24 heavy (non-hydrogen) atoms. The Morgan fingerprint density at radius 2 is 2.08 bits per heavy atom. The fourth-order valence-electron chi connectivity index (χ4n) is 4.43. The number of ether oxygens (including phenoxy) is 1. The molecule has 1 unspecified atom stereocenters. The Bertz CT molecular complexity index is 549. The predicted molar refractivity (Wildman–Crippen MR) is 98.4 cm³/mol. The minimum absolute atomic E-state index is 0.539. The molecule has 3 fully saturated rings. The summed E-state index contributed by atoms with van der Waals surface area (Å²) < 4.78 is 5.99. The van der Waals surface area contributed by atoms with Crippen molar-refractivity contribution in [3.63, 3.8) is 0 Å². The first-order valence-corrected chi connectivity index (χ1v) is 10.4. The maximum absolute atomic E-state index is 5.99. The number of likely N-dealkylation sites (tertiary alicyclic amines) is 2. The third-order valence-corrected chi connectivity index (χ3v) is 7.13. The Morgan fingerprint density at radius 1 is 1.29 bits per heavy atom. The number of nitrogens with zero attached hydrogens (tertiary/aromatic N) is 3. The molecule has 0 amide bonds. The van der Waals surface area contributed by atoms with Crippen LogP contribution in [0.4, 0.5) is 0 Å². The number of hydrogen-bond donors (Lipinski definition) is 0. The smallest absolute Gasteiger partial charge is 0.107 e. The first-order chi connectivity index (χ1) is 11.6. The number of hydrogen-bond acceptors (Lipinski definition) is 5. The molecule has 2 saturated heterocycles. The van der Waals surface area contributed by atoms with Crippen LogP contribution in [-0.4, -0.2) is 60.7 Å². The summed E-state index contributed by atoms with van der Waals surface area (Å²) in [5.41, 5.74) is 1.70. The molecule has 1 aromatic heterocycles. The zero-order valence-corrected chi connectivity index (χ0v) is 16.0. The van der Waals surface area contributed by atoms with Crippen molar-refractivity contribution < 1.29 is 4.74 Å².